The number of benzene rings is 3. The highest BCUT2D eigenvalue weighted by atomic mass is 16.4. The summed E-state index contributed by atoms with van der Waals surface area (Å²) in [5.74, 6) is -4.53. The number of rotatable bonds is 5. The third-order valence-corrected chi connectivity index (χ3v) is 8.20. The van der Waals surface area contributed by atoms with Gasteiger partial charge in [0.25, 0.3) is 0 Å². The summed E-state index contributed by atoms with van der Waals surface area (Å²) in [6, 6.07) is 18.5. The summed E-state index contributed by atoms with van der Waals surface area (Å²) in [6.45, 7) is 3.84. The van der Waals surface area contributed by atoms with Crippen molar-refractivity contribution in [2.75, 3.05) is 4.90 Å². The Bertz CT molecular complexity index is 1630. The Morgan fingerprint density at radius 2 is 1.71 bits per heavy atom. The number of hydrogen-bond donors (Lipinski definition) is 4. The molecule has 3 aromatic carbocycles. The molecule has 0 saturated carbocycles. The largest absolute Gasteiger partial charge is 0.508 e. The summed E-state index contributed by atoms with van der Waals surface area (Å²) >= 11 is 0. The molecule has 4 atom stereocenters. The first-order chi connectivity index (χ1) is 18.2. The highest BCUT2D eigenvalue weighted by Crippen LogP contribution is 2.52. The fraction of sp³-hybridized carbons (Fsp3) is 0.233. The maximum absolute atomic E-state index is 14.1. The summed E-state index contributed by atoms with van der Waals surface area (Å²) in [6.07, 6.45) is 1.72. The van der Waals surface area contributed by atoms with Crippen LogP contribution in [-0.2, 0) is 20.8 Å². The van der Waals surface area contributed by atoms with Crippen molar-refractivity contribution >= 4 is 34.4 Å². The van der Waals surface area contributed by atoms with Crippen LogP contribution in [-0.4, -0.2) is 38.5 Å². The van der Waals surface area contributed by atoms with E-state index in [0.29, 0.717) is 11.3 Å². The molecule has 2 aliphatic rings. The fourth-order valence-corrected chi connectivity index (χ4v) is 6.15. The summed E-state index contributed by atoms with van der Waals surface area (Å²) in [4.78, 5) is 45.6. The number of anilines is 1. The van der Waals surface area contributed by atoms with E-state index in [4.69, 9.17) is 0 Å². The second kappa shape index (κ2) is 8.56. The van der Waals surface area contributed by atoms with Crippen LogP contribution >= 0.6 is 0 Å². The van der Waals surface area contributed by atoms with Crippen LogP contribution in [0.4, 0.5) is 5.69 Å². The normalized spacial score (nSPS) is 24.8. The van der Waals surface area contributed by atoms with Crippen molar-refractivity contribution in [3.8, 4) is 5.75 Å². The van der Waals surface area contributed by atoms with Crippen LogP contribution in [0, 0.1) is 25.7 Å². The van der Waals surface area contributed by atoms with E-state index < -0.39 is 41.2 Å². The molecule has 38 heavy (non-hydrogen) atoms. The Morgan fingerprint density at radius 1 is 0.974 bits per heavy atom. The Morgan fingerprint density at radius 3 is 2.45 bits per heavy atom. The van der Waals surface area contributed by atoms with Crippen molar-refractivity contribution in [2.45, 2.75) is 31.8 Å². The zero-order chi connectivity index (χ0) is 26.8. The van der Waals surface area contributed by atoms with Crippen molar-refractivity contribution in [3.63, 3.8) is 0 Å². The number of carbonyl (C=O) groups is 3. The number of aromatic hydroxyl groups is 1. The molecule has 8 heteroatoms. The number of carboxylic acids is 1. The number of phenolic OH excluding ortho intramolecular Hbond substituents is 1. The van der Waals surface area contributed by atoms with Crippen LogP contribution < -0.4 is 10.2 Å². The molecule has 4 N–H and O–H groups in total. The SMILES string of the molecule is Cc1ccc(N2C(=O)C3C(c4ccccc4O)NC(Cc4c[nH]c5ccccc45)(C(=O)O)C3C2=O)cc1C. The van der Waals surface area contributed by atoms with Crippen molar-refractivity contribution in [2.24, 2.45) is 11.8 Å². The van der Waals surface area contributed by atoms with Crippen molar-refractivity contribution in [1.82, 2.24) is 10.3 Å². The molecule has 0 bridgehead atoms. The van der Waals surface area contributed by atoms with E-state index in [1.54, 1.807) is 36.5 Å². The number of para-hydroxylation sites is 2. The molecule has 3 heterocycles. The van der Waals surface area contributed by atoms with Crippen LogP contribution in [0.5, 0.6) is 5.75 Å². The quantitative estimate of drug-likeness (QED) is 0.302. The second-order valence-corrected chi connectivity index (χ2v) is 10.3. The molecule has 4 unspecified atom stereocenters. The van der Waals surface area contributed by atoms with Gasteiger partial charge in [0, 0.05) is 35.1 Å². The van der Waals surface area contributed by atoms with Gasteiger partial charge in [-0.3, -0.25) is 19.7 Å². The maximum Gasteiger partial charge on any atom is 0.325 e. The predicted molar refractivity (Wildman–Crippen MR) is 142 cm³/mol. The lowest BCUT2D eigenvalue weighted by atomic mass is 9.76. The lowest BCUT2D eigenvalue weighted by Gasteiger charge is -2.31. The number of carbonyl (C=O) groups excluding carboxylic acids is 2. The van der Waals surface area contributed by atoms with E-state index in [0.717, 1.165) is 32.5 Å². The first-order valence-corrected chi connectivity index (χ1v) is 12.5. The Kier molecular flexibility index (Phi) is 5.39. The van der Waals surface area contributed by atoms with Gasteiger partial charge in [0.05, 0.1) is 17.5 Å². The number of fused-ring (bicyclic) bond motifs is 2. The molecule has 2 amide bonds. The van der Waals surface area contributed by atoms with Gasteiger partial charge in [-0.2, -0.15) is 0 Å². The molecule has 1 aromatic heterocycles. The van der Waals surface area contributed by atoms with E-state index in [9.17, 15) is 24.6 Å². The van der Waals surface area contributed by atoms with Crippen LogP contribution in [0.15, 0.2) is 72.9 Å². The summed E-state index contributed by atoms with van der Waals surface area (Å²) in [7, 11) is 0. The minimum Gasteiger partial charge on any atom is -0.508 e. The first-order valence-electron chi connectivity index (χ1n) is 12.5. The van der Waals surface area contributed by atoms with Gasteiger partial charge in [0.15, 0.2) is 0 Å². The molecule has 2 saturated heterocycles. The average molecular weight is 510 g/mol. The van der Waals surface area contributed by atoms with Gasteiger partial charge in [0.2, 0.25) is 11.8 Å². The van der Waals surface area contributed by atoms with E-state index in [1.165, 1.54) is 6.07 Å². The Hall–Kier alpha value is -4.43. The number of nitrogens with zero attached hydrogens (tertiary/aromatic N) is 1. The second-order valence-electron chi connectivity index (χ2n) is 10.3. The zero-order valence-corrected chi connectivity index (χ0v) is 20.9. The number of aliphatic carboxylic acids is 1. The highest BCUT2D eigenvalue weighted by molar-refractivity contribution is 6.24. The highest BCUT2D eigenvalue weighted by Gasteiger charge is 2.69. The van der Waals surface area contributed by atoms with Gasteiger partial charge in [-0.15, -0.1) is 0 Å². The number of nitrogens with one attached hydrogen (secondary N) is 2. The lowest BCUT2D eigenvalue weighted by Crippen LogP contribution is -2.57. The van der Waals surface area contributed by atoms with Crippen LogP contribution in [0.2, 0.25) is 0 Å². The standard InChI is InChI=1S/C30H27N3O5/c1-16-11-12-19(13-17(16)2)33-27(35)24-25(28(33)36)30(29(37)38,32-26(24)21-8-4-6-10-23(21)34)14-18-15-31-22-9-5-3-7-20(18)22/h3-13,15,24-26,31-32,34H,14H2,1-2H3,(H,37,38). The molecule has 192 valence electrons. The summed E-state index contributed by atoms with van der Waals surface area (Å²) in [5.41, 5.74) is 2.51. The minimum atomic E-state index is -1.79. The first kappa shape index (κ1) is 23.9. The Labute approximate surface area is 218 Å². The smallest absolute Gasteiger partial charge is 0.325 e. The number of amides is 2. The number of aromatic amines is 1. The van der Waals surface area contributed by atoms with Crippen LogP contribution in [0.1, 0.15) is 28.3 Å². The van der Waals surface area contributed by atoms with Gasteiger partial charge in [-0.25, -0.2) is 4.90 Å². The number of hydrogen-bond acceptors (Lipinski definition) is 5. The third-order valence-electron chi connectivity index (χ3n) is 8.20. The van der Waals surface area contributed by atoms with E-state index in [2.05, 4.69) is 10.3 Å². The molecule has 2 fully saturated rings. The Balaban J connectivity index is 1.53. The number of H-pyrrole nitrogens is 1. The van der Waals surface area contributed by atoms with Gasteiger partial charge in [0.1, 0.15) is 11.3 Å². The van der Waals surface area contributed by atoms with Gasteiger partial charge in [-0.1, -0.05) is 42.5 Å². The van der Waals surface area contributed by atoms with Gasteiger partial charge in [-0.05, 0) is 54.8 Å². The zero-order valence-electron chi connectivity index (χ0n) is 20.9. The molecule has 0 radical (unpaired) electrons. The maximum atomic E-state index is 14.1. The van der Waals surface area contributed by atoms with E-state index >= 15 is 0 Å². The van der Waals surface area contributed by atoms with Crippen molar-refractivity contribution < 1.29 is 24.6 Å². The summed E-state index contributed by atoms with van der Waals surface area (Å²) < 4.78 is 0. The molecular weight excluding hydrogens is 482 g/mol. The minimum absolute atomic E-state index is 0.0304. The van der Waals surface area contributed by atoms with Crippen molar-refractivity contribution in [1.29, 1.82) is 0 Å². The topological polar surface area (TPSA) is 123 Å². The molecule has 0 spiro atoms. The van der Waals surface area contributed by atoms with Crippen LogP contribution in [0.3, 0.4) is 0 Å². The number of imide groups is 1. The molecular formula is C30H27N3O5. The molecule has 2 aliphatic heterocycles. The number of aromatic nitrogens is 1. The van der Waals surface area contributed by atoms with Crippen molar-refractivity contribution in [3.05, 3.63) is 95.2 Å². The monoisotopic (exact) mass is 509 g/mol. The molecule has 6 rings (SSSR count). The third kappa shape index (κ3) is 3.37. The van der Waals surface area contributed by atoms with E-state index in [-0.39, 0.29) is 12.2 Å². The molecule has 4 aromatic rings. The number of carboxylic acid groups (broad SMARTS) is 1. The van der Waals surface area contributed by atoms with Crippen LogP contribution in [0.25, 0.3) is 10.9 Å². The van der Waals surface area contributed by atoms with E-state index in [1.807, 2.05) is 44.2 Å². The molecule has 8 nitrogen and oxygen atoms in total. The van der Waals surface area contributed by atoms with Gasteiger partial charge < -0.3 is 15.2 Å². The number of phenols is 1. The lowest BCUT2D eigenvalue weighted by molar-refractivity contribution is -0.148. The fourth-order valence-electron chi connectivity index (χ4n) is 6.15. The molecule has 0 aliphatic carbocycles. The number of aryl methyl sites for hydroxylation is 2. The van der Waals surface area contributed by atoms with Gasteiger partial charge >= 0.3 is 5.97 Å². The average Bonchev–Trinajstić information content (AvgIpc) is 3.54. The summed E-state index contributed by atoms with van der Waals surface area (Å²) in [5, 5.41) is 25.5. The predicted octanol–water partition coefficient (Wildman–Crippen LogP) is 4.01.